The molecule has 274 valence electrons. The first-order valence-corrected chi connectivity index (χ1v) is 17.8. The third kappa shape index (κ3) is 5.68. The SMILES string of the molecule is [C-]#[N+]c1ccc(-n2c3ccccc3c3cc(C)ccc32)c(-c2cc(-c3cc(C(F)(F)F)cc(C(F)(F)F)c3)ccc2-n2c3ccccc3c3cc(C)ccc32)c1. The summed E-state index contributed by atoms with van der Waals surface area (Å²) >= 11 is 0. The Hall–Kier alpha value is -6.79. The lowest BCUT2D eigenvalue weighted by atomic mass is 9.93. The summed E-state index contributed by atoms with van der Waals surface area (Å²) in [6.45, 7) is 12.0. The summed E-state index contributed by atoms with van der Waals surface area (Å²) in [7, 11) is 0. The van der Waals surface area contributed by atoms with E-state index < -0.39 is 23.5 Å². The highest BCUT2D eigenvalue weighted by Crippen LogP contribution is 2.45. The van der Waals surface area contributed by atoms with E-state index in [0.29, 0.717) is 28.2 Å². The largest absolute Gasteiger partial charge is 0.416 e. The second kappa shape index (κ2) is 12.6. The normalized spacial score (nSPS) is 12.3. The fraction of sp³-hybridized carbons (Fsp3) is 0.0851. The van der Waals surface area contributed by atoms with Crippen LogP contribution in [0.3, 0.4) is 0 Å². The van der Waals surface area contributed by atoms with Crippen molar-refractivity contribution in [2.75, 3.05) is 0 Å². The highest BCUT2D eigenvalue weighted by molar-refractivity contribution is 6.12. The summed E-state index contributed by atoms with van der Waals surface area (Å²) in [5.74, 6) is 0. The van der Waals surface area contributed by atoms with E-state index in [2.05, 4.69) is 26.1 Å². The molecule has 9 aromatic rings. The van der Waals surface area contributed by atoms with Crippen molar-refractivity contribution >= 4 is 49.3 Å². The van der Waals surface area contributed by atoms with Crippen LogP contribution in [0.15, 0.2) is 140 Å². The number of hydrogen-bond donors (Lipinski definition) is 0. The van der Waals surface area contributed by atoms with Gasteiger partial charge in [0, 0.05) is 27.1 Å². The van der Waals surface area contributed by atoms with Gasteiger partial charge in [-0.25, -0.2) is 4.85 Å². The molecule has 9 rings (SSSR count). The third-order valence-electron chi connectivity index (χ3n) is 10.5. The minimum absolute atomic E-state index is 0.139. The first-order chi connectivity index (χ1) is 26.8. The van der Waals surface area contributed by atoms with Crippen molar-refractivity contribution in [3.05, 3.63) is 173 Å². The summed E-state index contributed by atoms with van der Waals surface area (Å²) in [5, 5.41) is 3.97. The number of aryl methyl sites for hydroxylation is 2. The van der Waals surface area contributed by atoms with E-state index in [-0.39, 0.29) is 17.2 Å². The van der Waals surface area contributed by atoms with Gasteiger partial charge in [0.15, 0.2) is 5.69 Å². The lowest BCUT2D eigenvalue weighted by molar-refractivity contribution is -0.143. The molecule has 0 spiro atoms. The summed E-state index contributed by atoms with van der Waals surface area (Å²) in [6.07, 6.45) is -10.0. The molecule has 9 heteroatoms. The highest BCUT2D eigenvalue weighted by atomic mass is 19.4. The van der Waals surface area contributed by atoms with Crippen molar-refractivity contribution in [3.8, 4) is 33.6 Å². The molecule has 2 heterocycles. The zero-order chi connectivity index (χ0) is 39.1. The van der Waals surface area contributed by atoms with E-state index in [1.165, 1.54) is 0 Å². The fourth-order valence-electron chi connectivity index (χ4n) is 7.94. The monoisotopic (exact) mass is 749 g/mol. The van der Waals surface area contributed by atoms with Crippen LogP contribution in [-0.4, -0.2) is 9.13 Å². The van der Waals surface area contributed by atoms with Crippen molar-refractivity contribution in [2.45, 2.75) is 26.2 Å². The molecule has 0 amide bonds. The molecular formula is C47H29F6N3. The van der Waals surface area contributed by atoms with Crippen LogP contribution in [0.4, 0.5) is 32.0 Å². The third-order valence-corrected chi connectivity index (χ3v) is 10.5. The Morgan fingerprint density at radius 1 is 0.446 bits per heavy atom. The van der Waals surface area contributed by atoms with Gasteiger partial charge in [0.05, 0.1) is 51.1 Å². The number of hydrogen-bond acceptors (Lipinski definition) is 0. The Morgan fingerprint density at radius 3 is 1.41 bits per heavy atom. The Morgan fingerprint density at radius 2 is 0.911 bits per heavy atom. The zero-order valence-electron chi connectivity index (χ0n) is 29.9. The lowest BCUT2D eigenvalue weighted by Crippen LogP contribution is -2.11. The zero-order valence-corrected chi connectivity index (χ0v) is 29.9. The van der Waals surface area contributed by atoms with Gasteiger partial charge in [-0.1, -0.05) is 71.8 Å². The second-order valence-electron chi connectivity index (χ2n) is 14.1. The molecule has 0 fully saturated rings. The number of nitrogens with zero attached hydrogens (tertiary/aromatic N) is 3. The molecule has 3 nitrogen and oxygen atoms in total. The molecule has 0 radical (unpaired) electrons. The average Bonchev–Trinajstić information content (AvgIpc) is 3.68. The van der Waals surface area contributed by atoms with Gasteiger partial charge in [0.25, 0.3) is 0 Å². The first-order valence-electron chi connectivity index (χ1n) is 17.8. The van der Waals surface area contributed by atoms with Gasteiger partial charge in [-0.05, 0) is 109 Å². The van der Waals surface area contributed by atoms with Crippen molar-refractivity contribution in [1.29, 1.82) is 0 Å². The Kier molecular flexibility index (Phi) is 7.89. The van der Waals surface area contributed by atoms with Gasteiger partial charge in [-0.3, -0.25) is 0 Å². The van der Waals surface area contributed by atoms with Crippen molar-refractivity contribution < 1.29 is 26.3 Å². The van der Waals surface area contributed by atoms with Crippen LogP contribution < -0.4 is 0 Å². The van der Waals surface area contributed by atoms with Gasteiger partial charge in [-0.15, -0.1) is 0 Å². The van der Waals surface area contributed by atoms with E-state index in [4.69, 9.17) is 6.57 Å². The topological polar surface area (TPSA) is 14.2 Å². The van der Waals surface area contributed by atoms with Gasteiger partial charge in [-0.2, -0.15) is 26.3 Å². The molecule has 0 aliphatic carbocycles. The second-order valence-corrected chi connectivity index (χ2v) is 14.1. The predicted octanol–water partition coefficient (Wildman–Crippen LogP) is 14.4. The van der Waals surface area contributed by atoms with Crippen molar-refractivity contribution in [1.82, 2.24) is 9.13 Å². The summed E-state index contributed by atoms with van der Waals surface area (Å²) in [4.78, 5) is 3.76. The molecular weight excluding hydrogens is 721 g/mol. The number of rotatable bonds is 4. The van der Waals surface area contributed by atoms with E-state index in [0.717, 1.165) is 66.9 Å². The van der Waals surface area contributed by atoms with E-state index in [9.17, 15) is 26.3 Å². The van der Waals surface area contributed by atoms with Crippen molar-refractivity contribution in [3.63, 3.8) is 0 Å². The number of benzene rings is 7. The molecule has 0 saturated heterocycles. The lowest BCUT2D eigenvalue weighted by Gasteiger charge is -2.21. The Labute approximate surface area is 317 Å². The summed E-state index contributed by atoms with van der Waals surface area (Å²) in [5.41, 5.74) is 5.43. The van der Waals surface area contributed by atoms with Gasteiger partial charge in [0.1, 0.15) is 0 Å². The maximum Gasteiger partial charge on any atom is 0.416 e. The average molecular weight is 750 g/mol. The van der Waals surface area contributed by atoms with Crippen LogP contribution in [0, 0.1) is 20.4 Å². The molecule has 0 atom stereocenters. The maximum atomic E-state index is 14.1. The molecule has 0 bridgehead atoms. The smallest absolute Gasteiger partial charge is 0.309 e. The van der Waals surface area contributed by atoms with Crippen molar-refractivity contribution in [2.24, 2.45) is 0 Å². The van der Waals surface area contributed by atoms with E-state index in [1.54, 1.807) is 30.3 Å². The van der Waals surface area contributed by atoms with Crippen LogP contribution >= 0.6 is 0 Å². The Balaban J connectivity index is 1.43. The quantitative estimate of drug-likeness (QED) is 0.126. The molecule has 0 saturated carbocycles. The van der Waals surface area contributed by atoms with Crippen LogP contribution in [0.5, 0.6) is 0 Å². The molecule has 2 aromatic heterocycles. The van der Waals surface area contributed by atoms with Gasteiger partial charge >= 0.3 is 12.4 Å². The first kappa shape index (κ1) is 34.9. The highest BCUT2D eigenvalue weighted by Gasteiger charge is 2.37. The summed E-state index contributed by atoms with van der Waals surface area (Å²) in [6, 6.07) is 40.0. The van der Waals surface area contributed by atoms with E-state index >= 15 is 0 Å². The molecule has 7 aromatic carbocycles. The molecule has 0 unspecified atom stereocenters. The van der Waals surface area contributed by atoms with Crippen LogP contribution in [0.2, 0.25) is 0 Å². The standard InChI is InChI=1S/C47H29F6N3/c1-27-12-16-42-36(20-27)34-8-4-6-10-40(34)55(42)44-18-14-29(30-22-31(46(48,49)50)25-32(23-30)47(51,52)53)24-38(44)39-26-33(54-3)15-19-45(39)56-41-11-7-5-9-35(41)37-21-28(2)13-17-43(37)56/h4-26H,1-2H3. The van der Waals surface area contributed by atoms with E-state index in [1.807, 2.05) is 92.7 Å². The molecule has 0 aliphatic heterocycles. The number of fused-ring (bicyclic) bond motifs is 6. The van der Waals surface area contributed by atoms with Crippen LogP contribution in [-0.2, 0) is 12.4 Å². The number of aromatic nitrogens is 2. The van der Waals surface area contributed by atoms with Gasteiger partial charge < -0.3 is 9.13 Å². The van der Waals surface area contributed by atoms with Gasteiger partial charge in [0.2, 0.25) is 0 Å². The molecule has 56 heavy (non-hydrogen) atoms. The van der Waals surface area contributed by atoms with Crippen LogP contribution in [0.1, 0.15) is 22.3 Å². The minimum Gasteiger partial charge on any atom is -0.309 e. The fourth-order valence-corrected chi connectivity index (χ4v) is 7.94. The number of para-hydroxylation sites is 2. The maximum absolute atomic E-state index is 14.1. The summed E-state index contributed by atoms with van der Waals surface area (Å²) < 4.78 is 89.0. The molecule has 0 N–H and O–H groups in total. The Bertz CT molecular complexity index is 3070. The molecule has 0 aliphatic rings. The number of halogens is 6. The number of alkyl halides is 6. The minimum atomic E-state index is -5.02. The van der Waals surface area contributed by atoms with Crippen LogP contribution in [0.25, 0.3) is 82.1 Å². The predicted molar refractivity (Wildman–Crippen MR) is 212 cm³/mol.